The van der Waals surface area contributed by atoms with Crippen molar-refractivity contribution in [1.82, 2.24) is 5.32 Å². The van der Waals surface area contributed by atoms with Gasteiger partial charge in [-0.25, -0.2) is 0 Å². The first-order valence-corrected chi connectivity index (χ1v) is 6.87. The standard InChI is InChI=1S/C15H23NO3/c1-17-15-4-2-3-13(9-15)11-19-8-6-16-10-14-5-7-18-12-14/h2-4,9,14,16H,5-8,10-12H2,1H3. The highest BCUT2D eigenvalue weighted by atomic mass is 16.5. The van der Waals surface area contributed by atoms with Gasteiger partial charge in [-0.3, -0.25) is 0 Å². The second kappa shape index (κ2) is 8.15. The molecule has 1 aromatic carbocycles. The lowest BCUT2D eigenvalue weighted by atomic mass is 10.1. The molecule has 1 N–H and O–H groups in total. The molecule has 0 radical (unpaired) electrons. The summed E-state index contributed by atoms with van der Waals surface area (Å²) in [5.74, 6) is 1.55. The molecule has 1 unspecified atom stereocenters. The van der Waals surface area contributed by atoms with Crippen LogP contribution in [0.15, 0.2) is 24.3 Å². The molecule has 4 nitrogen and oxygen atoms in total. The Balaban J connectivity index is 1.53. The third kappa shape index (κ3) is 5.19. The molecule has 0 bridgehead atoms. The predicted molar refractivity (Wildman–Crippen MR) is 74.4 cm³/mol. The number of hydrogen-bond donors (Lipinski definition) is 1. The average molecular weight is 265 g/mol. The van der Waals surface area contributed by atoms with Crippen molar-refractivity contribution in [3.63, 3.8) is 0 Å². The zero-order valence-electron chi connectivity index (χ0n) is 11.6. The lowest BCUT2D eigenvalue weighted by molar-refractivity contribution is 0.121. The van der Waals surface area contributed by atoms with Gasteiger partial charge in [-0.15, -0.1) is 0 Å². The highest BCUT2D eigenvalue weighted by Gasteiger charge is 2.14. The van der Waals surface area contributed by atoms with E-state index in [1.165, 1.54) is 6.42 Å². The lowest BCUT2D eigenvalue weighted by Crippen LogP contribution is -2.26. The van der Waals surface area contributed by atoms with E-state index in [4.69, 9.17) is 14.2 Å². The van der Waals surface area contributed by atoms with E-state index in [0.29, 0.717) is 12.5 Å². The maximum atomic E-state index is 5.63. The molecule has 0 aromatic heterocycles. The van der Waals surface area contributed by atoms with Gasteiger partial charge in [0, 0.05) is 19.7 Å². The molecular weight excluding hydrogens is 242 g/mol. The summed E-state index contributed by atoms with van der Waals surface area (Å²) < 4.78 is 16.1. The van der Waals surface area contributed by atoms with Crippen LogP contribution in [0.25, 0.3) is 0 Å². The van der Waals surface area contributed by atoms with E-state index in [-0.39, 0.29) is 0 Å². The van der Waals surface area contributed by atoms with Crippen molar-refractivity contribution in [2.45, 2.75) is 13.0 Å². The summed E-state index contributed by atoms with van der Waals surface area (Å²) in [5.41, 5.74) is 1.14. The van der Waals surface area contributed by atoms with E-state index < -0.39 is 0 Å². The normalized spacial score (nSPS) is 18.7. The Kier molecular flexibility index (Phi) is 6.14. The Morgan fingerprint density at radius 3 is 3.16 bits per heavy atom. The second-order valence-corrected chi connectivity index (χ2v) is 4.84. The van der Waals surface area contributed by atoms with Gasteiger partial charge in [0.1, 0.15) is 5.75 Å². The number of ether oxygens (including phenoxy) is 3. The minimum absolute atomic E-state index is 0.630. The highest BCUT2D eigenvalue weighted by Crippen LogP contribution is 2.13. The molecule has 0 saturated carbocycles. The largest absolute Gasteiger partial charge is 0.497 e. The molecule has 1 aromatic rings. The van der Waals surface area contributed by atoms with Crippen LogP contribution in [0.2, 0.25) is 0 Å². The number of rotatable bonds is 8. The van der Waals surface area contributed by atoms with Crippen LogP contribution in [0.5, 0.6) is 5.75 Å². The van der Waals surface area contributed by atoms with Crippen LogP contribution in [0, 0.1) is 5.92 Å². The van der Waals surface area contributed by atoms with E-state index in [0.717, 1.165) is 44.2 Å². The molecule has 4 heteroatoms. The van der Waals surface area contributed by atoms with Crippen molar-refractivity contribution >= 4 is 0 Å². The number of nitrogens with one attached hydrogen (secondary N) is 1. The van der Waals surface area contributed by atoms with Crippen LogP contribution in [-0.4, -0.2) is 40.0 Å². The van der Waals surface area contributed by atoms with Crippen LogP contribution in [0.1, 0.15) is 12.0 Å². The molecule has 1 aliphatic rings. The second-order valence-electron chi connectivity index (χ2n) is 4.84. The van der Waals surface area contributed by atoms with Gasteiger partial charge < -0.3 is 19.5 Å². The highest BCUT2D eigenvalue weighted by molar-refractivity contribution is 5.27. The fourth-order valence-electron chi connectivity index (χ4n) is 2.15. The van der Waals surface area contributed by atoms with E-state index in [9.17, 15) is 0 Å². The number of hydrogen-bond acceptors (Lipinski definition) is 4. The minimum Gasteiger partial charge on any atom is -0.497 e. The van der Waals surface area contributed by atoms with E-state index in [1.54, 1.807) is 7.11 Å². The molecular formula is C15H23NO3. The third-order valence-electron chi connectivity index (χ3n) is 3.28. The molecule has 0 aliphatic carbocycles. The van der Waals surface area contributed by atoms with Crippen molar-refractivity contribution in [1.29, 1.82) is 0 Å². The zero-order valence-corrected chi connectivity index (χ0v) is 11.6. The molecule has 106 valence electrons. The molecule has 1 atom stereocenters. The summed E-state index contributed by atoms with van der Waals surface area (Å²) in [6.45, 7) is 5.09. The first-order chi connectivity index (χ1) is 9.38. The minimum atomic E-state index is 0.630. The molecule has 0 spiro atoms. The Hall–Kier alpha value is -1.10. The number of benzene rings is 1. The van der Waals surface area contributed by atoms with Crippen LogP contribution in [0.4, 0.5) is 0 Å². The van der Waals surface area contributed by atoms with E-state index in [2.05, 4.69) is 5.32 Å². The van der Waals surface area contributed by atoms with Gasteiger partial charge in [-0.1, -0.05) is 12.1 Å². The predicted octanol–water partition coefficient (Wildman–Crippen LogP) is 1.84. The molecule has 1 heterocycles. The van der Waals surface area contributed by atoms with Crippen molar-refractivity contribution in [2.75, 3.05) is 40.0 Å². The Morgan fingerprint density at radius 1 is 1.42 bits per heavy atom. The Labute approximate surface area is 115 Å². The molecule has 19 heavy (non-hydrogen) atoms. The van der Waals surface area contributed by atoms with Crippen LogP contribution in [-0.2, 0) is 16.1 Å². The van der Waals surface area contributed by atoms with Gasteiger partial charge in [0.05, 0.1) is 26.9 Å². The SMILES string of the molecule is COc1cccc(COCCNCC2CCOC2)c1. The molecule has 1 aliphatic heterocycles. The molecule has 2 rings (SSSR count). The van der Waals surface area contributed by atoms with Crippen LogP contribution < -0.4 is 10.1 Å². The van der Waals surface area contributed by atoms with Gasteiger partial charge in [0.25, 0.3) is 0 Å². The average Bonchev–Trinajstić information content (AvgIpc) is 2.96. The third-order valence-corrected chi connectivity index (χ3v) is 3.28. The summed E-state index contributed by atoms with van der Waals surface area (Å²) in [6, 6.07) is 7.97. The maximum absolute atomic E-state index is 5.63. The summed E-state index contributed by atoms with van der Waals surface area (Å²) in [5, 5.41) is 3.41. The van der Waals surface area contributed by atoms with Crippen molar-refractivity contribution in [3.05, 3.63) is 29.8 Å². The smallest absolute Gasteiger partial charge is 0.119 e. The monoisotopic (exact) mass is 265 g/mol. The van der Waals surface area contributed by atoms with Gasteiger partial charge in [-0.05, 0) is 30.0 Å². The van der Waals surface area contributed by atoms with E-state index >= 15 is 0 Å². The van der Waals surface area contributed by atoms with Gasteiger partial charge in [-0.2, -0.15) is 0 Å². The van der Waals surface area contributed by atoms with Crippen molar-refractivity contribution in [3.8, 4) is 5.75 Å². The summed E-state index contributed by atoms with van der Waals surface area (Å²) in [7, 11) is 1.68. The van der Waals surface area contributed by atoms with E-state index in [1.807, 2.05) is 24.3 Å². The van der Waals surface area contributed by atoms with Crippen LogP contribution >= 0.6 is 0 Å². The zero-order chi connectivity index (χ0) is 13.3. The molecule has 1 saturated heterocycles. The summed E-state index contributed by atoms with van der Waals surface area (Å²) in [6.07, 6.45) is 1.18. The van der Waals surface area contributed by atoms with Gasteiger partial charge in [0.2, 0.25) is 0 Å². The first kappa shape index (κ1) is 14.3. The molecule has 0 amide bonds. The van der Waals surface area contributed by atoms with Crippen LogP contribution in [0.3, 0.4) is 0 Å². The summed E-state index contributed by atoms with van der Waals surface area (Å²) >= 11 is 0. The van der Waals surface area contributed by atoms with Crippen molar-refractivity contribution in [2.24, 2.45) is 5.92 Å². The fourth-order valence-corrected chi connectivity index (χ4v) is 2.15. The topological polar surface area (TPSA) is 39.7 Å². The Morgan fingerprint density at radius 2 is 2.37 bits per heavy atom. The lowest BCUT2D eigenvalue weighted by Gasteiger charge is -2.10. The first-order valence-electron chi connectivity index (χ1n) is 6.87. The Bertz CT molecular complexity index is 364. The quantitative estimate of drug-likeness (QED) is 0.728. The maximum Gasteiger partial charge on any atom is 0.119 e. The molecule has 1 fully saturated rings. The van der Waals surface area contributed by atoms with Gasteiger partial charge in [0.15, 0.2) is 0 Å². The number of methoxy groups -OCH3 is 1. The van der Waals surface area contributed by atoms with Crippen molar-refractivity contribution < 1.29 is 14.2 Å². The van der Waals surface area contributed by atoms with Gasteiger partial charge >= 0.3 is 0 Å². The summed E-state index contributed by atoms with van der Waals surface area (Å²) in [4.78, 5) is 0. The fraction of sp³-hybridized carbons (Fsp3) is 0.600.